The summed E-state index contributed by atoms with van der Waals surface area (Å²) in [4.78, 5) is 0. The monoisotopic (exact) mass is 240 g/mol. The maximum Gasteiger partial charge on any atom is 0.228 e. The second-order valence-corrected chi connectivity index (χ2v) is 4.18. The summed E-state index contributed by atoms with van der Waals surface area (Å²) >= 11 is 0. The van der Waals surface area contributed by atoms with Crippen LogP contribution in [0, 0.1) is 6.92 Å². The van der Waals surface area contributed by atoms with Crippen LogP contribution in [0.25, 0.3) is 0 Å². The summed E-state index contributed by atoms with van der Waals surface area (Å²) in [5.74, 6) is 0.553. The molecule has 0 spiro atoms. The van der Waals surface area contributed by atoms with Gasteiger partial charge in [-0.25, -0.2) is 0 Å². The number of rotatable bonds is 2. The van der Waals surface area contributed by atoms with Gasteiger partial charge >= 0.3 is 0 Å². The van der Waals surface area contributed by atoms with Crippen LogP contribution in [0.5, 0.6) is 5.75 Å². The van der Waals surface area contributed by atoms with E-state index in [2.05, 4.69) is 0 Å². The predicted molar refractivity (Wildman–Crippen MR) is 59.6 cm³/mol. The van der Waals surface area contributed by atoms with Gasteiger partial charge in [0.15, 0.2) is 0 Å². The van der Waals surface area contributed by atoms with E-state index in [0.29, 0.717) is 5.75 Å². The zero-order valence-electron chi connectivity index (χ0n) is 9.48. The SMILES string of the molecule is Cc1cccc(O[C@@H]2OC[C@H](O)[C@@H](O)[C@H]2O)c1. The van der Waals surface area contributed by atoms with Gasteiger partial charge in [-0.1, -0.05) is 12.1 Å². The van der Waals surface area contributed by atoms with Crippen LogP contribution in [0.1, 0.15) is 5.56 Å². The van der Waals surface area contributed by atoms with Gasteiger partial charge in [0.1, 0.15) is 24.1 Å². The summed E-state index contributed by atoms with van der Waals surface area (Å²) in [6, 6.07) is 7.28. The molecule has 0 amide bonds. The zero-order chi connectivity index (χ0) is 12.4. The summed E-state index contributed by atoms with van der Waals surface area (Å²) in [6.45, 7) is 1.86. The van der Waals surface area contributed by atoms with Gasteiger partial charge in [-0.3, -0.25) is 0 Å². The molecule has 1 aliphatic rings. The van der Waals surface area contributed by atoms with Gasteiger partial charge in [-0.05, 0) is 24.6 Å². The maximum absolute atomic E-state index is 9.68. The molecule has 0 bridgehead atoms. The Morgan fingerprint density at radius 3 is 2.71 bits per heavy atom. The molecular formula is C12H16O5. The van der Waals surface area contributed by atoms with E-state index in [9.17, 15) is 15.3 Å². The minimum Gasteiger partial charge on any atom is -0.462 e. The average Bonchev–Trinajstić information content (AvgIpc) is 2.30. The molecule has 0 aromatic heterocycles. The average molecular weight is 240 g/mol. The Morgan fingerprint density at radius 1 is 1.24 bits per heavy atom. The fraction of sp³-hybridized carbons (Fsp3) is 0.500. The van der Waals surface area contributed by atoms with Crippen molar-refractivity contribution < 1.29 is 24.8 Å². The van der Waals surface area contributed by atoms with E-state index < -0.39 is 24.6 Å². The molecule has 1 aliphatic heterocycles. The fourth-order valence-corrected chi connectivity index (χ4v) is 1.71. The van der Waals surface area contributed by atoms with Crippen LogP contribution in [0.2, 0.25) is 0 Å². The van der Waals surface area contributed by atoms with Crippen LogP contribution in [-0.4, -0.2) is 46.5 Å². The van der Waals surface area contributed by atoms with E-state index in [4.69, 9.17) is 9.47 Å². The minimum atomic E-state index is -1.26. The van der Waals surface area contributed by atoms with Crippen molar-refractivity contribution in [1.29, 1.82) is 0 Å². The van der Waals surface area contributed by atoms with Crippen molar-refractivity contribution in [3.05, 3.63) is 29.8 Å². The lowest BCUT2D eigenvalue weighted by Crippen LogP contribution is -2.54. The summed E-state index contributed by atoms with van der Waals surface area (Å²) in [5.41, 5.74) is 1.02. The highest BCUT2D eigenvalue weighted by Gasteiger charge is 2.38. The maximum atomic E-state index is 9.68. The summed E-state index contributed by atoms with van der Waals surface area (Å²) < 4.78 is 10.6. The van der Waals surface area contributed by atoms with Crippen LogP contribution in [0.15, 0.2) is 24.3 Å². The molecule has 2 rings (SSSR count). The lowest BCUT2D eigenvalue weighted by atomic mass is 10.1. The highest BCUT2D eigenvalue weighted by Crippen LogP contribution is 2.21. The molecule has 1 heterocycles. The van der Waals surface area contributed by atoms with Gasteiger partial charge in [0.05, 0.1) is 6.61 Å². The van der Waals surface area contributed by atoms with Crippen molar-refractivity contribution in [2.24, 2.45) is 0 Å². The molecule has 0 radical (unpaired) electrons. The second kappa shape index (κ2) is 5.01. The van der Waals surface area contributed by atoms with Gasteiger partial charge in [0.2, 0.25) is 6.29 Å². The highest BCUT2D eigenvalue weighted by molar-refractivity contribution is 5.27. The van der Waals surface area contributed by atoms with E-state index in [1.807, 2.05) is 19.1 Å². The van der Waals surface area contributed by atoms with Crippen molar-refractivity contribution >= 4 is 0 Å². The van der Waals surface area contributed by atoms with Crippen molar-refractivity contribution in [2.75, 3.05) is 6.61 Å². The largest absolute Gasteiger partial charge is 0.462 e. The lowest BCUT2D eigenvalue weighted by Gasteiger charge is -2.34. The molecule has 1 aromatic rings. The van der Waals surface area contributed by atoms with Crippen molar-refractivity contribution in [1.82, 2.24) is 0 Å². The Morgan fingerprint density at radius 2 is 2.00 bits per heavy atom. The predicted octanol–water partition coefficient (Wildman–Crippen LogP) is -0.187. The van der Waals surface area contributed by atoms with Gasteiger partial charge in [-0.2, -0.15) is 0 Å². The van der Waals surface area contributed by atoms with Crippen molar-refractivity contribution in [2.45, 2.75) is 31.5 Å². The number of hydrogen-bond donors (Lipinski definition) is 3. The highest BCUT2D eigenvalue weighted by atomic mass is 16.7. The molecule has 4 atom stereocenters. The first-order valence-electron chi connectivity index (χ1n) is 5.47. The Balaban J connectivity index is 2.04. The molecule has 1 aromatic carbocycles. The van der Waals surface area contributed by atoms with Crippen LogP contribution in [0.3, 0.4) is 0 Å². The standard InChI is InChI=1S/C12H16O5/c1-7-3-2-4-8(5-7)17-12-11(15)10(14)9(13)6-16-12/h2-5,9-15H,6H2,1H3/t9-,10+,11+,12-/m0/s1. The quantitative estimate of drug-likeness (QED) is 0.668. The number of hydrogen-bond acceptors (Lipinski definition) is 5. The second-order valence-electron chi connectivity index (χ2n) is 4.18. The van der Waals surface area contributed by atoms with Crippen molar-refractivity contribution in [3.8, 4) is 5.75 Å². The molecule has 0 saturated carbocycles. The number of aliphatic hydroxyl groups is 3. The van der Waals surface area contributed by atoms with E-state index in [-0.39, 0.29) is 6.61 Å². The van der Waals surface area contributed by atoms with Crippen molar-refractivity contribution in [3.63, 3.8) is 0 Å². The van der Waals surface area contributed by atoms with E-state index in [0.717, 1.165) is 5.56 Å². The molecule has 94 valence electrons. The van der Waals surface area contributed by atoms with Crippen LogP contribution < -0.4 is 4.74 Å². The third-order valence-corrected chi connectivity index (χ3v) is 2.70. The topological polar surface area (TPSA) is 79.2 Å². The molecule has 0 unspecified atom stereocenters. The Hall–Kier alpha value is -1.14. The fourth-order valence-electron chi connectivity index (χ4n) is 1.71. The Bertz CT molecular complexity index is 381. The van der Waals surface area contributed by atoms with Gasteiger partial charge < -0.3 is 24.8 Å². The molecule has 5 nitrogen and oxygen atoms in total. The third-order valence-electron chi connectivity index (χ3n) is 2.70. The molecule has 1 fully saturated rings. The lowest BCUT2D eigenvalue weighted by molar-refractivity contribution is -0.242. The Labute approximate surface area is 99.2 Å². The third kappa shape index (κ3) is 2.76. The first-order valence-corrected chi connectivity index (χ1v) is 5.47. The van der Waals surface area contributed by atoms with Gasteiger partial charge in [0.25, 0.3) is 0 Å². The smallest absolute Gasteiger partial charge is 0.228 e. The van der Waals surface area contributed by atoms with E-state index >= 15 is 0 Å². The molecule has 3 N–H and O–H groups in total. The Kier molecular flexibility index (Phi) is 3.63. The molecule has 5 heteroatoms. The molecular weight excluding hydrogens is 224 g/mol. The normalized spacial score (nSPS) is 33.4. The zero-order valence-corrected chi connectivity index (χ0v) is 9.48. The molecule has 1 saturated heterocycles. The first kappa shape index (κ1) is 12.3. The van der Waals surface area contributed by atoms with Crippen LogP contribution in [0.4, 0.5) is 0 Å². The summed E-state index contributed by atoms with van der Waals surface area (Å²) in [5, 5.41) is 28.5. The first-order chi connectivity index (χ1) is 8.08. The van der Waals surface area contributed by atoms with E-state index in [1.165, 1.54) is 0 Å². The van der Waals surface area contributed by atoms with Gasteiger partial charge in [-0.15, -0.1) is 0 Å². The number of aryl methyl sites for hydroxylation is 1. The minimum absolute atomic E-state index is 0.0608. The summed E-state index contributed by atoms with van der Waals surface area (Å²) in [7, 11) is 0. The van der Waals surface area contributed by atoms with Crippen LogP contribution >= 0.6 is 0 Å². The molecule has 0 aliphatic carbocycles. The number of benzene rings is 1. The molecule has 17 heavy (non-hydrogen) atoms. The van der Waals surface area contributed by atoms with Crippen LogP contribution in [-0.2, 0) is 4.74 Å². The van der Waals surface area contributed by atoms with Gasteiger partial charge in [0, 0.05) is 0 Å². The van der Waals surface area contributed by atoms with E-state index in [1.54, 1.807) is 12.1 Å². The number of aliphatic hydroxyl groups excluding tert-OH is 3. The summed E-state index contributed by atoms with van der Waals surface area (Å²) in [6.07, 6.45) is -4.56. The number of ether oxygens (including phenoxy) is 2.